The summed E-state index contributed by atoms with van der Waals surface area (Å²) in [6, 6.07) is 14.8. The number of nitrogens with zero attached hydrogens (tertiary/aromatic N) is 3. The number of ether oxygens (including phenoxy) is 1. The van der Waals surface area contributed by atoms with Crippen molar-refractivity contribution in [2.45, 2.75) is 25.7 Å². The highest BCUT2D eigenvalue weighted by Crippen LogP contribution is 2.29. The van der Waals surface area contributed by atoms with Crippen molar-refractivity contribution in [2.75, 3.05) is 33.4 Å². The molecule has 172 valence electrons. The lowest BCUT2D eigenvalue weighted by Crippen LogP contribution is -2.38. The van der Waals surface area contributed by atoms with Crippen LogP contribution in [0.5, 0.6) is 0 Å². The van der Waals surface area contributed by atoms with Crippen LogP contribution in [0.4, 0.5) is 0 Å². The molecule has 0 aliphatic carbocycles. The Morgan fingerprint density at radius 2 is 1.85 bits per heavy atom. The number of rotatable bonds is 7. The molecular formula is C25H28N4O4. The van der Waals surface area contributed by atoms with Gasteiger partial charge in [-0.1, -0.05) is 35.5 Å². The van der Waals surface area contributed by atoms with Crippen molar-refractivity contribution in [1.29, 1.82) is 0 Å². The van der Waals surface area contributed by atoms with Gasteiger partial charge in [0.1, 0.15) is 0 Å². The smallest absolute Gasteiger partial charge is 0.254 e. The first-order valence-corrected chi connectivity index (χ1v) is 11.1. The molecular weight excluding hydrogens is 420 g/mol. The number of benzene rings is 2. The van der Waals surface area contributed by atoms with E-state index in [2.05, 4.69) is 15.5 Å². The summed E-state index contributed by atoms with van der Waals surface area (Å²) in [5.41, 5.74) is 3.09. The maximum atomic E-state index is 12.8. The minimum atomic E-state index is -0.153. The molecule has 0 unspecified atom stereocenters. The zero-order valence-corrected chi connectivity index (χ0v) is 18.9. The average Bonchev–Trinajstić information content (AvgIpc) is 3.35. The summed E-state index contributed by atoms with van der Waals surface area (Å²) in [7, 11) is 1.59. The first-order valence-electron chi connectivity index (χ1n) is 11.1. The van der Waals surface area contributed by atoms with Gasteiger partial charge in [-0.3, -0.25) is 9.59 Å². The van der Waals surface area contributed by atoms with E-state index < -0.39 is 0 Å². The van der Waals surface area contributed by atoms with Crippen LogP contribution in [0.1, 0.15) is 50.9 Å². The summed E-state index contributed by atoms with van der Waals surface area (Å²) in [4.78, 5) is 31.4. The van der Waals surface area contributed by atoms with Crippen molar-refractivity contribution in [3.63, 3.8) is 0 Å². The number of aromatic nitrogens is 2. The van der Waals surface area contributed by atoms with Crippen LogP contribution in [0, 0.1) is 6.92 Å². The van der Waals surface area contributed by atoms with Gasteiger partial charge in [0, 0.05) is 49.4 Å². The number of aryl methyl sites for hydroxylation is 1. The van der Waals surface area contributed by atoms with Crippen LogP contribution < -0.4 is 5.32 Å². The molecule has 1 aromatic heterocycles. The number of methoxy groups -OCH3 is 1. The number of hydrogen-bond acceptors (Lipinski definition) is 6. The SMILES string of the molecule is COCCNC(=O)c1ccc(-c2noc(C3CCN(C(=O)c4ccccc4C)CC3)n2)cc1. The molecule has 0 bridgehead atoms. The maximum Gasteiger partial charge on any atom is 0.254 e. The molecule has 8 heteroatoms. The summed E-state index contributed by atoms with van der Waals surface area (Å²) in [5.74, 6) is 1.13. The number of hydrogen-bond donors (Lipinski definition) is 1. The minimum Gasteiger partial charge on any atom is -0.383 e. The largest absolute Gasteiger partial charge is 0.383 e. The Kier molecular flexibility index (Phi) is 7.14. The normalized spacial score (nSPS) is 14.3. The molecule has 2 aromatic carbocycles. The number of carbonyl (C=O) groups excluding carboxylic acids is 2. The van der Waals surface area contributed by atoms with Gasteiger partial charge in [0.15, 0.2) is 0 Å². The van der Waals surface area contributed by atoms with Gasteiger partial charge in [-0.25, -0.2) is 0 Å². The fourth-order valence-corrected chi connectivity index (χ4v) is 3.97. The molecule has 0 radical (unpaired) electrons. The van der Waals surface area contributed by atoms with Crippen molar-refractivity contribution in [3.05, 3.63) is 71.1 Å². The van der Waals surface area contributed by atoms with E-state index in [1.165, 1.54) is 0 Å². The van der Waals surface area contributed by atoms with Crippen LogP contribution >= 0.6 is 0 Å². The minimum absolute atomic E-state index is 0.0733. The molecule has 2 heterocycles. The lowest BCUT2D eigenvalue weighted by Gasteiger charge is -2.30. The van der Waals surface area contributed by atoms with E-state index in [1.54, 1.807) is 19.2 Å². The van der Waals surface area contributed by atoms with Crippen LogP contribution in [0.15, 0.2) is 53.1 Å². The Balaban J connectivity index is 1.35. The van der Waals surface area contributed by atoms with Crippen molar-refractivity contribution in [3.8, 4) is 11.4 Å². The predicted molar refractivity (Wildman–Crippen MR) is 123 cm³/mol. The number of nitrogens with one attached hydrogen (secondary N) is 1. The van der Waals surface area contributed by atoms with Crippen LogP contribution in [0.25, 0.3) is 11.4 Å². The van der Waals surface area contributed by atoms with Crippen LogP contribution in [0.3, 0.4) is 0 Å². The van der Waals surface area contributed by atoms with E-state index in [0.717, 1.165) is 29.5 Å². The van der Waals surface area contributed by atoms with E-state index in [4.69, 9.17) is 9.26 Å². The Labute approximate surface area is 192 Å². The lowest BCUT2D eigenvalue weighted by atomic mass is 9.96. The van der Waals surface area contributed by atoms with E-state index in [9.17, 15) is 9.59 Å². The van der Waals surface area contributed by atoms with Crippen LogP contribution in [0.2, 0.25) is 0 Å². The first-order chi connectivity index (χ1) is 16.1. The van der Waals surface area contributed by atoms with Gasteiger partial charge >= 0.3 is 0 Å². The van der Waals surface area contributed by atoms with Crippen molar-refractivity contribution in [1.82, 2.24) is 20.4 Å². The van der Waals surface area contributed by atoms with E-state index in [-0.39, 0.29) is 17.7 Å². The molecule has 2 amide bonds. The molecule has 0 spiro atoms. The van der Waals surface area contributed by atoms with Gasteiger partial charge < -0.3 is 19.5 Å². The van der Waals surface area contributed by atoms with Crippen LogP contribution in [-0.2, 0) is 4.74 Å². The Morgan fingerprint density at radius 1 is 1.12 bits per heavy atom. The Morgan fingerprint density at radius 3 is 2.55 bits per heavy atom. The number of amides is 2. The molecule has 0 saturated carbocycles. The standard InChI is InChI=1S/C25H28N4O4/c1-17-5-3-4-6-21(17)25(31)29-14-11-20(12-15-29)24-27-22(28-33-24)18-7-9-19(10-8-18)23(30)26-13-16-32-2/h3-10,20H,11-16H2,1-2H3,(H,26,30). The fraction of sp³-hybridized carbons (Fsp3) is 0.360. The van der Waals surface area contributed by atoms with Crippen molar-refractivity contribution in [2.24, 2.45) is 0 Å². The zero-order valence-electron chi connectivity index (χ0n) is 18.9. The van der Waals surface area contributed by atoms with Gasteiger partial charge in [0.05, 0.1) is 6.61 Å². The third kappa shape index (κ3) is 5.28. The second-order valence-electron chi connectivity index (χ2n) is 8.16. The molecule has 1 aliphatic heterocycles. The molecule has 33 heavy (non-hydrogen) atoms. The zero-order chi connectivity index (χ0) is 23.2. The number of likely N-dealkylation sites (tertiary alicyclic amines) is 1. The molecule has 3 aromatic rings. The van der Waals surface area contributed by atoms with Gasteiger partial charge in [-0.15, -0.1) is 0 Å². The summed E-state index contributed by atoms with van der Waals surface area (Å²) in [6.07, 6.45) is 1.56. The summed E-state index contributed by atoms with van der Waals surface area (Å²) in [5, 5.41) is 6.92. The first kappa shape index (κ1) is 22.7. The summed E-state index contributed by atoms with van der Waals surface area (Å²) in [6.45, 7) is 4.19. The Hall–Kier alpha value is -3.52. The van der Waals surface area contributed by atoms with Gasteiger partial charge in [-0.2, -0.15) is 4.98 Å². The second-order valence-corrected chi connectivity index (χ2v) is 8.16. The van der Waals surface area contributed by atoms with E-state index in [1.807, 2.05) is 48.2 Å². The monoisotopic (exact) mass is 448 g/mol. The second kappa shape index (κ2) is 10.4. The fourth-order valence-electron chi connectivity index (χ4n) is 3.97. The highest BCUT2D eigenvalue weighted by atomic mass is 16.5. The van der Waals surface area contributed by atoms with Crippen molar-refractivity contribution >= 4 is 11.8 Å². The molecule has 1 fully saturated rings. The van der Waals surface area contributed by atoms with E-state index >= 15 is 0 Å². The third-order valence-electron chi connectivity index (χ3n) is 5.95. The molecule has 0 atom stereocenters. The maximum absolute atomic E-state index is 12.8. The third-order valence-corrected chi connectivity index (χ3v) is 5.95. The Bertz CT molecular complexity index is 1100. The topological polar surface area (TPSA) is 97.6 Å². The molecule has 8 nitrogen and oxygen atoms in total. The molecule has 1 N–H and O–H groups in total. The van der Waals surface area contributed by atoms with Gasteiger partial charge in [-0.05, 0) is 43.5 Å². The lowest BCUT2D eigenvalue weighted by molar-refractivity contribution is 0.0703. The quantitative estimate of drug-likeness (QED) is 0.556. The predicted octanol–water partition coefficient (Wildman–Crippen LogP) is 3.44. The highest BCUT2D eigenvalue weighted by Gasteiger charge is 2.28. The summed E-state index contributed by atoms with van der Waals surface area (Å²) >= 11 is 0. The van der Waals surface area contributed by atoms with E-state index in [0.29, 0.717) is 43.5 Å². The molecule has 1 saturated heterocycles. The van der Waals surface area contributed by atoms with Crippen molar-refractivity contribution < 1.29 is 18.8 Å². The molecule has 4 rings (SSSR count). The molecule has 1 aliphatic rings. The average molecular weight is 449 g/mol. The van der Waals surface area contributed by atoms with Crippen LogP contribution in [-0.4, -0.2) is 60.2 Å². The van der Waals surface area contributed by atoms with Gasteiger partial charge in [0.2, 0.25) is 11.7 Å². The summed E-state index contributed by atoms with van der Waals surface area (Å²) < 4.78 is 10.5. The number of piperidine rings is 1. The number of carbonyl (C=O) groups is 2. The highest BCUT2D eigenvalue weighted by molar-refractivity contribution is 5.95. The van der Waals surface area contributed by atoms with Gasteiger partial charge in [0.25, 0.3) is 11.8 Å².